The van der Waals surface area contributed by atoms with Gasteiger partial charge in [-0.25, -0.2) is 4.79 Å². The fraction of sp³-hybridized carbons (Fsp3) is 0.286. The molecule has 0 radical (unpaired) electrons. The number of ketones is 1. The molecule has 0 bridgehead atoms. The Hall–Kier alpha value is -2.41. The first-order valence-electron chi connectivity index (χ1n) is 6.38. The van der Waals surface area contributed by atoms with Crippen LogP contribution >= 0.6 is 11.6 Å². The zero-order valence-corrected chi connectivity index (χ0v) is 12.6. The van der Waals surface area contributed by atoms with Gasteiger partial charge >= 0.3 is 12.0 Å². The standard InChI is InChI=1S/C14H15ClN2O5/c1-8(13(20)17-14(16)21)22-12(19)7-6-11(18)9-2-4-10(15)5-3-9/h2-5,8H,6-7H2,1H3,(H3,16,17,20,21)/t8-/m1/s1. The molecule has 3 amide bonds. The van der Waals surface area contributed by atoms with Crippen molar-refractivity contribution >= 4 is 35.3 Å². The van der Waals surface area contributed by atoms with E-state index in [0.29, 0.717) is 10.6 Å². The highest BCUT2D eigenvalue weighted by atomic mass is 35.5. The summed E-state index contributed by atoms with van der Waals surface area (Å²) >= 11 is 5.71. The first-order chi connectivity index (χ1) is 10.3. The van der Waals surface area contributed by atoms with Crippen LogP contribution in [0.3, 0.4) is 0 Å². The van der Waals surface area contributed by atoms with Crippen molar-refractivity contribution < 1.29 is 23.9 Å². The molecule has 0 aliphatic carbocycles. The molecule has 0 aliphatic rings. The molecular formula is C14H15ClN2O5. The molecule has 118 valence electrons. The number of nitrogens with one attached hydrogen (secondary N) is 1. The summed E-state index contributed by atoms with van der Waals surface area (Å²) in [4.78, 5) is 45.2. The Bertz CT molecular complexity index is 585. The molecule has 0 heterocycles. The molecule has 1 aromatic rings. The maximum absolute atomic E-state index is 11.8. The van der Waals surface area contributed by atoms with Gasteiger partial charge in [0, 0.05) is 17.0 Å². The molecule has 7 nitrogen and oxygen atoms in total. The summed E-state index contributed by atoms with van der Waals surface area (Å²) in [5.74, 6) is -1.80. The predicted molar refractivity (Wildman–Crippen MR) is 78.3 cm³/mol. The zero-order valence-electron chi connectivity index (χ0n) is 11.8. The van der Waals surface area contributed by atoms with Gasteiger partial charge in [0.05, 0.1) is 6.42 Å². The number of nitrogens with two attached hydrogens (primary N) is 1. The molecule has 0 unspecified atom stereocenters. The molecular weight excluding hydrogens is 312 g/mol. The number of esters is 1. The van der Waals surface area contributed by atoms with Gasteiger partial charge in [-0.1, -0.05) is 11.6 Å². The summed E-state index contributed by atoms with van der Waals surface area (Å²) in [6.07, 6.45) is -1.43. The molecule has 0 spiro atoms. The summed E-state index contributed by atoms with van der Waals surface area (Å²) in [6.45, 7) is 1.29. The van der Waals surface area contributed by atoms with Crippen LogP contribution in [0.15, 0.2) is 24.3 Å². The van der Waals surface area contributed by atoms with E-state index in [1.54, 1.807) is 29.6 Å². The summed E-state index contributed by atoms with van der Waals surface area (Å²) in [5.41, 5.74) is 5.20. The highest BCUT2D eigenvalue weighted by Crippen LogP contribution is 2.12. The van der Waals surface area contributed by atoms with E-state index >= 15 is 0 Å². The van der Waals surface area contributed by atoms with Crippen LogP contribution in [0.2, 0.25) is 5.02 Å². The van der Waals surface area contributed by atoms with E-state index in [2.05, 4.69) is 0 Å². The summed E-state index contributed by atoms with van der Waals surface area (Å²) in [7, 11) is 0. The van der Waals surface area contributed by atoms with Gasteiger partial charge < -0.3 is 10.5 Å². The normalized spacial score (nSPS) is 11.4. The minimum absolute atomic E-state index is 0.0649. The largest absolute Gasteiger partial charge is 0.453 e. The second-order valence-corrected chi connectivity index (χ2v) is 4.85. The van der Waals surface area contributed by atoms with Gasteiger partial charge in [-0.05, 0) is 31.2 Å². The van der Waals surface area contributed by atoms with Gasteiger partial charge in [-0.15, -0.1) is 0 Å². The maximum Gasteiger partial charge on any atom is 0.318 e. The van der Waals surface area contributed by atoms with Crippen LogP contribution < -0.4 is 11.1 Å². The van der Waals surface area contributed by atoms with E-state index in [1.165, 1.54) is 6.92 Å². The smallest absolute Gasteiger partial charge is 0.318 e. The zero-order chi connectivity index (χ0) is 16.7. The van der Waals surface area contributed by atoms with Crippen molar-refractivity contribution in [3.8, 4) is 0 Å². The van der Waals surface area contributed by atoms with Gasteiger partial charge in [0.1, 0.15) is 0 Å². The van der Waals surface area contributed by atoms with Crippen molar-refractivity contribution in [1.82, 2.24) is 5.32 Å². The fourth-order valence-electron chi connectivity index (χ4n) is 1.53. The molecule has 0 aromatic heterocycles. The molecule has 8 heteroatoms. The molecule has 0 fully saturated rings. The van der Waals surface area contributed by atoms with E-state index in [9.17, 15) is 19.2 Å². The third-order valence-electron chi connectivity index (χ3n) is 2.65. The molecule has 0 saturated heterocycles. The number of imide groups is 1. The van der Waals surface area contributed by atoms with Crippen LogP contribution in [-0.2, 0) is 14.3 Å². The molecule has 0 saturated carbocycles. The number of carbonyl (C=O) groups excluding carboxylic acids is 4. The van der Waals surface area contributed by atoms with Crippen LogP contribution in [0, 0.1) is 0 Å². The first-order valence-corrected chi connectivity index (χ1v) is 6.76. The van der Waals surface area contributed by atoms with Crippen molar-refractivity contribution in [2.75, 3.05) is 0 Å². The van der Waals surface area contributed by atoms with Crippen molar-refractivity contribution in [1.29, 1.82) is 0 Å². The number of Topliss-reactive ketones (excluding diaryl/α,β-unsaturated/α-hetero) is 1. The van der Waals surface area contributed by atoms with Crippen LogP contribution in [0.1, 0.15) is 30.1 Å². The molecule has 22 heavy (non-hydrogen) atoms. The van der Waals surface area contributed by atoms with Gasteiger partial charge in [0.25, 0.3) is 5.91 Å². The van der Waals surface area contributed by atoms with Crippen molar-refractivity contribution in [3.63, 3.8) is 0 Å². The molecule has 3 N–H and O–H groups in total. The Balaban J connectivity index is 2.42. The number of carbonyl (C=O) groups is 4. The molecule has 1 rings (SSSR count). The second-order valence-electron chi connectivity index (χ2n) is 4.42. The van der Waals surface area contributed by atoms with Crippen molar-refractivity contribution in [2.24, 2.45) is 5.73 Å². The third-order valence-corrected chi connectivity index (χ3v) is 2.90. The SMILES string of the molecule is C[C@@H](OC(=O)CCC(=O)c1ccc(Cl)cc1)C(=O)NC(N)=O. The van der Waals surface area contributed by atoms with E-state index in [4.69, 9.17) is 22.1 Å². The Kier molecular flexibility index (Phi) is 6.52. The van der Waals surface area contributed by atoms with E-state index in [0.717, 1.165) is 0 Å². The van der Waals surface area contributed by atoms with Crippen LogP contribution in [0.5, 0.6) is 0 Å². The maximum atomic E-state index is 11.8. The van der Waals surface area contributed by atoms with Gasteiger partial charge in [0.2, 0.25) is 0 Å². The number of amides is 3. The van der Waals surface area contributed by atoms with E-state index in [1.807, 2.05) is 0 Å². The molecule has 0 aliphatic heterocycles. The lowest BCUT2D eigenvalue weighted by Crippen LogP contribution is -2.42. The van der Waals surface area contributed by atoms with Gasteiger partial charge in [-0.3, -0.25) is 19.7 Å². The number of ether oxygens (including phenoxy) is 1. The highest BCUT2D eigenvalue weighted by Gasteiger charge is 2.19. The van der Waals surface area contributed by atoms with Crippen molar-refractivity contribution in [2.45, 2.75) is 25.9 Å². The minimum Gasteiger partial charge on any atom is -0.453 e. The number of hydrogen-bond acceptors (Lipinski definition) is 5. The van der Waals surface area contributed by atoms with Crippen LogP contribution in [-0.4, -0.2) is 29.8 Å². The van der Waals surface area contributed by atoms with Crippen molar-refractivity contribution in [3.05, 3.63) is 34.9 Å². The second kappa shape index (κ2) is 8.14. The predicted octanol–water partition coefficient (Wildman–Crippen LogP) is 1.43. The van der Waals surface area contributed by atoms with Crippen LogP contribution in [0.4, 0.5) is 4.79 Å². The average molecular weight is 327 g/mol. The topological polar surface area (TPSA) is 116 Å². The minimum atomic E-state index is -1.18. The van der Waals surface area contributed by atoms with E-state index < -0.39 is 24.0 Å². The quantitative estimate of drug-likeness (QED) is 0.606. The highest BCUT2D eigenvalue weighted by molar-refractivity contribution is 6.30. The van der Waals surface area contributed by atoms with Gasteiger partial charge in [0.15, 0.2) is 11.9 Å². The van der Waals surface area contributed by atoms with E-state index in [-0.39, 0.29) is 18.6 Å². The summed E-state index contributed by atoms with van der Waals surface area (Å²) in [5, 5.41) is 2.29. The average Bonchev–Trinajstić information content (AvgIpc) is 2.44. The lowest BCUT2D eigenvalue weighted by molar-refractivity contribution is -0.154. The number of rotatable bonds is 6. The number of halogens is 1. The Labute approximate surface area is 131 Å². The lowest BCUT2D eigenvalue weighted by Gasteiger charge is -2.11. The first kappa shape index (κ1) is 17.6. The third kappa shape index (κ3) is 5.92. The monoisotopic (exact) mass is 326 g/mol. The summed E-state index contributed by atoms with van der Waals surface area (Å²) in [6, 6.07) is 5.22. The fourth-order valence-corrected chi connectivity index (χ4v) is 1.65. The molecule has 1 atom stereocenters. The number of urea groups is 1. The number of primary amides is 1. The Morgan fingerprint density at radius 1 is 1.18 bits per heavy atom. The number of benzene rings is 1. The Morgan fingerprint density at radius 3 is 2.32 bits per heavy atom. The summed E-state index contributed by atoms with van der Waals surface area (Å²) < 4.78 is 4.79. The lowest BCUT2D eigenvalue weighted by atomic mass is 10.1. The molecule has 1 aromatic carbocycles. The van der Waals surface area contributed by atoms with Crippen LogP contribution in [0.25, 0.3) is 0 Å². The Morgan fingerprint density at radius 2 is 1.77 bits per heavy atom. The number of hydrogen-bond donors (Lipinski definition) is 2. The van der Waals surface area contributed by atoms with Gasteiger partial charge in [-0.2, -0.15) is 0 Å².